The van der Waals surface area contributed by atoms with Gasteiger partial charge in [-0.05, 0) is 35.7 Å². The van der Waals surface area contributed by atoms with Gasteiger partial charge in [0, 0.05) is 6.20 Å². The third-order valence-corrected chi connectivity index (χ3v) is 4.29. The number of benzene rings is 1. The Bertz CT molecular complexity index is 892. The van der Waals surface area contributed by atoms with Crippen molar-refractivity contribution in [1.29, 1.82) is 0 Å². The minimum Gasteiger partial charge on any atom is -0.486 e. The van der Waals surface area contributed by atoms with E-state index in [0.717, 1.165) is 28.3 Å². The van der Waals surface area contributed by atoms with Crippen LogP contribution in [0.4, 0.5) is 5.82 Å². The van der Waals surface area contributed by atoms with Gasteiger partial charge >= 0.3 is 0 Å². The third kappa shape index (κ3) is 3.07. The fourth-order valence-corrected chi connectivity index (χ4v) is 3.05. The molecule has 0 saturated heterocycles. The Labute approximate surface area is 146 Å². The normalized spacial score (nSPS) is 14.5. The molecule has 0 spiro atoms. The van der Waals surface area contributed by atoms with Crippen molar-refractivity contribution >= 4 is 16.9 Å². The van der Waals surface area contributed by atoms with E-state index in [9.17, 15) is 0 Å². The number of nitrogens with zero attached hydrogens (tertiary/aromatic N) is 3. The van der Waals surface area contributed by atoms with Crippen LogP contribution in [0.15, 0.2) is 42.9 Å². The first kappa shape index (κ1) is 15.6. The molecule has 25 heavy (non-hydrogen) atoms. The summed E-state index contributed by atoms with van der Waals surface area (Å²) in [4.78, 5) is 12.9. The Hall–Kier alpha value is -2.89. The highest BCUT2D eigenvalue weighted by molar-refractivity contribution is 5.86. The maximum Gasteiger partial charge on any atom is 0.164 e. The lowest BCUT2D eigenvalue weighted by Crippen LogP contribution is -2.19. The smallest absolute Gasteiger partial charge is 0.164 e. The van der Waals surface area contributed by atoms with E-state index in [1.165, 1.54) is 0 Å². The average Bonchev–Trinajstić information content (AvgIpc) is 2.65. The van der Waals surface area contributed by atoms with Crippen LogP contribution in [0.5, 0.6) is 11.5 Å². The van der Waals surface area contributed by atoms with E-state index in [4.69, 9.17) is 9.47 Å². The van der Waals surface area contributed by atoms with Crippen molar-refractivity contribution in [3.8, 4) is 11.5 Å². The topological polar surface area (TPSA) is 69.2 Å². The molecule has 4 rings (SSSR count). The number of fused-ring (bicyclic) bond motifs is 2. The molecule has 1 aliphatic heterocycles. The van der Waals surface area contributed by atoms with Crippen LogP contribution in [0.1, 0.15) is 25.5 Å². The largest absolute Gasteiger partial charge is 0.486 e. The van der Waals surface area contributed by atoms with E-state index in [2.05, 4.69) is 40.2 Å². The average molecular weight is 336 g/mol. The molecule has 1 unspecified atom stereocenters. The van der Waals surface area contributed by atoms with Crippen molar-refractivity contribution in [1.82, 2.24) is 15.0 Å². The van der Waals surface area contributed by atoms with Crippen LogP contribution in [0.25, 0.3) is 11.0 Å². The monoisotopic (exact) mass is 336 g/mol. The summed E-state index contributed by atoms with van der Waals surface area (Å²) < 4.78 is 11.3. The summed E-state index contributed by atoms with van der Waals surface area (Å²) >= 11 is 0. The van der Waals surface area contributed by atoms with Gasteiger partial charge in [-0.1, -0.05) is 19.9 Å². The van der Waals surface area contributed by atoms with Gasteiger partial charge in [0.1, 0.15) is 25.4 Å². The minimum atomic E-state index is 0.0779. The lowest BCUT2D eigenvalue weighted by atomic mass is 9.95. The summed E-state index contributed by atoms with van der Waals surface area (Å²) in [6.45, 7) is 5.53. The van der Waals surface area contributed by atoms with Gasteiger partial charge in [-0.3, -0.25) is 0 Å². The highest BCUT2D eigenvalue weighted by atomic mass is 16.6. The second kappa shape index (κ2) is 6.55. The van der Waals surface area contributed by atoms with Crippen molar-refractivity contribution in [2.45, 2.75) is 19.9 Å². The lowest BCUT2D eigenvalue weighted by molar-refractivity contribution is 0.171. The molecule has 2 aromatic heterocycles. The van der Waals surface area contributed by atoms with E-state index in [-0.39, 0.29) is 6.04 Å². The summed E-state index contributed by atoms with van der Waals surface area (Å²) in [7, 11) is 0. The zero-order chi connectivity index (χ0) is 17.2. The quantitative estimate of drug-likeness (QED) is 0.785. The fraction of sp³-hybridized carbons (Fsp3) is 0.316. The minimum absolute atomic E-state index is 0.0779. The van der Waals surface area contributed by atoms with E-state index >= 15 is 0 Å². The molecular weight excluding hydrogens is 316 g/mol. The molecule has 6 nitrogen and oxygen atoms in total. The number of hydrogen-bond donors (Lipinski definition) is 1. The highest BCUT2D eigenvalue weighted by Crippen LogP contribution is 2.36. The summed E-state index contributed by atoms with van der Waals surface area (Å²) in [5, 5.41) is 4.47. The van der Waals surface area contributed by atoms with Crippen molar-refractivity contribution < 1.29 is 9.47 Å². The van der Waals surface area contributed by atoms with E-state index in [0.29, 0.717) is 24.8 Å². The summed E-state index contributed by atoms with van der Waals surface area (Å²) in [5.41, 5.74) is 1.82. The molecular formula is C19H20N4O2. The molecule has 1 N–H and O–H groups in total. The number of aromatic nitrogens is 3. The highest BCUT2D eigenvalue weighted by Gasteiger charge is 2.21. The first-order valence-electron chi connectivity index (χ1n) is 8.44. The van der Waals surface area contributed by atoms with Gasteiger partial charge in [0.15, 0.2) is 17.1 Å². The van der Waals surface area contributed by atoms with Gasteiger partial charge in [-0.15, -0.1) is 0 Å². The molecule has 0 amide bonds. The van der Waals surface area contributed by atoms with Crippen LogP contribution in [-0.4, -0.2) is 28.2 Å². The number of pyridine rings is 1. The van der Waals surface area contributed by atoms with Crippen molar-refractivity contribution in [3.63, 3.8) is 0 Å². The second-order valence-corrected chi connectivity index (χ2v) is 6.37. The maximum atomic E-state index is 5.73. The fourth-order valence-electron chi connectivity index (χ4n) is 3.05. The number of anilines is 1. The van der Waals surface area contributed by atoms with Crippen LogP contribution < -0.4 is 14.8 Å². The summed E-state index contributed by atoms with van der Waals surface area (Å²) in [6.07, 6.45) is 3.28. The Kier molecular flexibility index (Phi) is 4.09. The van der Waals surface area contributed by atoms with Gasteiger partial charge in [0.05, 0.1) is 11.4 Å². The molecule has 6 heteroatoms. The summed E-state index contributed by atoms with van der Waals surface area (Å²) in [5.74, 6) is 2.73. The molecule has 0 fully saturated rings. The van der Waals surface area contributed by atoms with Crippen LogP contribution in [0, 0.1) is 5.92 Å². The van der Waals surface area contributed by atoms with Gasteiger partial charge in [0.25, 0.3) is 0 Å². The molecule has 1 aromatic carbocycles. The Morgan fingerprint density at radius 2 is 1.84 bits per heavy atom. The Morgan fingerprint density at radius 3 is 2.68 bits per heavy atom. The van der Waals surface area contributed by atoms with Crippen LogP contribution in [0.2, 0.25) is 0 Å². The standard InChI is InChI=1S/C19H20N4O2/c1-12(2)17(13-5-6-15-16(10-13)25-9-8-24-15)23-19-14-4-3-7-20-18(14)21-11-22-19/h3-7,10-12,17H,8-9H2,1-2H3,(H,20,21,22,23). The molecule has 0 bridgehead atoms. The first-order chi connectivity index (χ1) is 12.2. The molecule has 0 radical (unpaired) electrons. The predicted molar refractivity (Wildman–Crippen MR) is 96.0 cm³/mol. The number of nitrogens with one attached hydrogen (secondary N) is 1. The zero-order valence-corrected chi connectivity index (χ0v) is 14.3. The molecule has 0 aliphatic carbocycles. The zero-order valence-electron chi connectivity index (χ0n) is 14.3. The number of hydrogen-bond acceptors (Lipinski definition) is 6. The van der Waals surface area contributed by atoms with E-state index in [1.807, 2.05) is 24.3 Å². The molecule has 1 atom stereocenters. The number of rotatable bonds is 4. The lowest BCUT2D eigenvalue weighted by Gasteiger charge is -2.26. The SMILES string of the molecule is CC(C)C(Nc1ncnc2ncccc12)c1ccc2c(c1)OCCO2. The summed E-state index contributed by atoms with van der Waals surface area (Å²) in [6, 6.07) is 10.0. The van der Waals surface area contributed by atoms with Gasteiger partial charge in [0.2, 0.25) is 0 Å². The number of ether oxygens (including phenoxy) is 2. The second-order valence-electron chi connectivity index (χ2n) is 6.37. The van der Waals surface area contributed by atoms with Gasteiger partial charge in [-0.25, -0.2) is 15.0 Å². The van der Waals surface area contributed by atoms with Crippen LogP contribution >= 0.6 is 0 Å². The Morgan fingerprint density at radius 1 is 1.00 bits per heavy atom. The van der Waals surface area contributed by atoms with Crippen LogP contribution in [0.3, 0.4) is 0 Å². The van der Waals surface area contributed by atoms with Crippen molar-refractivity contribution in [2.75, 3.05) is 18.5 Å². The molecule has 0 saturated carbocycles. The van der Waals surface area contributed by atoms with Crippen molar-refractivity contribution in [3.05, 3.63) is 48.4 Å². The van der Waals surface area contributed by atoms with Crippen LogP contribution in [-0.2, 0) is 0 Å². The molecule has 1 aliphatic rings. The van der Waals surface area contributed by atoms with Crippen molar-refractivity contribution in [2.24, 2.45) is 5.92 Å². The van der Waals surface area contributed by atoms with Gasteiger partial charge in [-0.2, -0.15) is 0 Å². The molecule has 3 heterocycles. The molecule has 3 aromatic rings. The predicted octanol–water partition coefficient (Wildman–Crippen LogP) is 3.61. The Balaban J connectivity index is 1.70. The van der Waals surface area contributed by atoms with E-state index in [1.54, 1.807) is 12.5 Å². The van der Waals surface area contributed by atoms with Gasteiger partial charge < -0.3 is 14.8 Å². The van der Waals surface area contributed by atoms with E-state index < -0.39 is 0 Å². The first-order valence-corrected chi connectivity index (χ1v) is 8.44. The third-order valence-electron chi connectivity index (χ3n) is 4.29. The maximum absolute atomic E-state index is 5.73. The molecule has 128 valence electrons.